The van der Waals surface area contributed by atoms with Crippen molar-refractivity contribution in [1.29, 1.82) is 0 Å². The molecule has 7 heteroatoms. The molecule has 0 saturated heterocycles. The fourth-order valence-corrected chi connectivity index (χ4v) is 4.15. The maximum atomic E-state index is 12.9. The number of benzene rings is 2. The summed E-state index contributed by atoms with van der Waals surface area (Å²) in [6.07, 6.45) is 0. The minimum atomic E-state index is -0.131. The van der Waals surface area contributed by atoms with Gasteiger partial charge in [0, 0.05) is 16.7 Å². The number of para-hydroxylation sites is 1. The highest BCUT2D eigenvalue weighted by Gasteiger charge is 2.14. The van der Waals surface area contributed by atoms with Crippen LogP contribution in [0.3, 0.4) is 0 Å². The van der Waals surface area contributed by atoms with E-state index in [1.54, 1.807) is 10.6 Å². The molecule has 1 N–H and O–H groups in total. The van der Waals surface area contributed by atoms with E-state index < -0.39 is 0 Å². The number of nitrogens with zero attached hydrogens (tertiary/aromatic N) is 2. The molecular formula is C21H22BrN3O2S. The Hall–Kier alpha value is -2.12. The van der Waals surface area contributed by atoms with Crippen LogP contribution in [-0.2, 0) is 11.3 Å². The molecule has 1 amide bonds. The van der Waals surface area contributed by atoms with Gasteiger partial charge in [-0.1, -0.05) is 53.7 Å². The van der Waals surface area contributed by atoms with E-state index in [1.807, 2.05) is 43.3 Å². The Morgan fingerprint density at radius 3 is 2.71 bits per heavy atom. The van der Waals surface area contributed by atoms with Crippen molar-refractivity contribution in [2.45, 2.75) is 32.5 Å². The van der Waals surface area contributed by atoms with Gasteiger partial charge in [0.15, 0.2) is 5.16 Å². The molecular weight excluding hydrogens is 438 g/mol. The van der Waals surface area contributed by atoms with Gasteiger partial charge in [0.25, 0.3) is 5.56 Å². The summed E-state index contributed by atoms with van der Waals surface area (Å²) in [5.41, 5.74) is 2.35. The predicted molar refractivity (Wildman–Crippen MR) is 119 cm³/mol. The Kier molecular flexibility index (Phi) is 6.57. The fraction of sp³-hybridized carbons (Fsp3) is 0.286. The summed E-state index contributed by atoms with van der Waals surface area (Å²) in [6, 6.07) is 13.0. The number of amides is 1. The van der Waals surface area contributed by atoms with Gasteiger partial charge >= 0.3 is 0 Å². The lowest BCUT2D eigenvalue weighted by Gasteiger charge is -2.15. The van der Waals surface area contributed by atoms with E-state index in [0.29, 0.717) is 28.5 Å². The van der Waals surface area contributed by atoms with Crippen LogP contribution in [0.25, 0.3) is 10.9 Å². The number of halogens is 1. The number of carbonyl (C=O) groups excluding carboxylic acids is 1. The molecule has 2 aromatic carbocycles. The predicted octanol–water partition coefficient (Wildman–Crippen LogP) is 4.85. The van der Waals surface area contributed by atoms with Crippen molar-refractivity contribution < 1.29 is 4.79 Å². The first-order chi connectivity index (χ1) is 13.3. The summed E-state index contributed by atoms with van der Waals surface area (Å²) in [4.78, 5) is 30.0. The molecule has 0 fully saturated rings. The zero-order valence-electron chi connectivity index (χ0n) is 16.0. The van der Waals surface area contributed by atoms with Crippen LogP contribution in [0.2, 0.25) is 0 Å². The largest absolute Gasteiger partial charge is 0.325 e. The second-order valence-electron chi connectivity index (χ2n) is 7.02. The highest BCUT2D eigenvalue weighted by molar-refractivity contribution is 9.10. The molecule has 0 aliphatic carbocycles. The van der Waals surface area contributed by atoms with Gasteiger partial charge in [-0.3, -0.25) is 14.2 Å². The average Bonchev–Trinajstić information content (AvgIpc) is 2.65. The van der Waals surface area contributed by atoms with Crippen molar-refractivity contribution >= 4 is 50.2 Å². The van der Waals surface area contributed by atoms with Gasteiger partial charge in [0.05, 0.1) is 16.7 Å². The van der Waals surface area contributed by atoms with Gasteiger partial charge in [-0.05, 0) is 48.7 Å². The van der Waals surface area contributed by atoms with Crippen LogP contribution < -0.4 is 10.9 Å². The second kappa shape index (κ2) is 8.92. The lowest BCUT2D eigenvalue weighted by Crippen LogP contribution is -2.26. The third kappa shape index (κ3) is 4.83. The van der Waals surface area contributed by atoms with Gasteiger partial charge in [0.2, 0.25) is 5.91 Å². The van der Waals surface area contributed by atoms with Crippen molar-refractivity contribution in [3.8, 4) is 0 Å². The van der Waals surface area contributed by atoms with Gasteiger partial charge in [-0.2, -0.15) is 0 Å². The van der Waals surface area contributed by atoms with Crippen LogP contribution >= 0.6 is 27.7 Å². The Labute approximate surface area is 176 Å². The Bertz CT molecular complexity index is 1080. The summed E-state index contributed by atoms with van der Waals surface area (Å²) < 4.78 is 2.64. The number of thioether (sulfide) groups is 1. The number of hydrogen-bond acceptors (Lipinski definition) is 4. The van der Waals surface area contributed by atoms with Gasteiger partial charge < -0.3 is 5.32 Å². The molecule has 0 aliphatic heterocycles. The molecule has 3 rings (SSSR count). The highest BCUT2D eigenvalue weighted by Crippen LogP contribution is 2.22. The molecule has 0 spiro atoms. The van der Waals surface area contributed by atoms with E-state index in [0.717, 1.165) is 15.7 Å². The Balaban J connectivity index is 1.82. The van der Waals surface area contributed by atoms with E-state index in [9.17, 15) is 9.59 Å². The molecule has 0 radical (unpaired) electrons. The van der Waals surface area contributed by atoms with E-state index >= 15 is 0 Å². The molecule has 1 aromatic heterocycles. The molecule has 5 nitrogen and oxygen atoms in total. The number of fused-ring (bicyclic) bond motifs is 1. The normalized spacial score (nSPS) is 11.2. The number of aryl methyl sites for hydroxylation is 1. The van der Waals surface area contributed by atoms with Crippen molar-refractivity contribution in [3.63, 3.8) is 0 Å². The first-order valence-electron chi connectivity index (χ1n) is 9.03. The first-order valence-corrected chi connectivity index (χ1v) is 10.8. The summed E-state index contributed by atoms with van der Waals surface area (Å²) in [5.74, 6) is 0.339. The van der Waals surface area contributed by atoms with Gasteiger partial charge in [-0.15, -0.1) is 0 Å². The number of hydrogen-bond donors (Lipinski definition) is 1. The second-order valence-corrected chi connectivity index (χ2v) is 8.88. The number of aromatic nitrogens is 2. The Morgan fingerprint density at radius 1 is 1.25 bits per heavy atom. The third-order valence-electron chi connectivity index (χ3n) is 4.17. The fourth-order valence-electron chi connectivity index (χ4n) is 2.87. The molecule has 1 heterocycles. The van der Waals surface area contributed by atoms with E-state index in [2.05, 4.69) is 40.1 Å². The molecule has 146 valence electrons. The third-order valence-corrected chi connectivity index (χ3v) is 5.64. The number of anilines is 1. The summed E-state index contributed by atoms with van der Waals surface area (Å²) in [6.45, 7) is 6.61. The van der Waals surface area contributed by atoms with Crippen molar-refractivity contribution in [2.24, 2.45) is 5.92 Å². The molecule has 0 bridgehead atoms. The smallest absolute Gasteiger partial charge is 0.262 e. The van der Waals surface area contributed by atoms with Gasteiger partial charge in [0.1, 0.15) is 0 Å². The SMILES string of the molecule is Cc1cc(Br)ccc1NC(=O)CSc1nc2ccccc2c(=O)n1CC(C)C. The lowest BCUT2D eigenvalue weighted by molar-refractivity contribution is -0.113. The molecule has 0 unspecified atom stereocenters. The maximum Gasteiger partial charge on any atom is 0.262 e. The molecule has 28 heavy (non-hydrogen) atoms. The van der Waals surface area contributed by atoms with E-state index in [-0.39, 0.29) is 17.2 Å². The maximum absolute atomic E-state index is 12.9. The van der Waals surface area contributed by atoms with Gasteiger partial charge in [-0.25, -0.2) is 4.98 Å². The molecule has 0 saturated carbocycles. The van der Waals surface area contributed by atoms with Crippen LogP contribution in [0.1, 0.15) is 19.4 Å². The average molecular weight is 460 g/mol. The minimum Gasteiger partial charge on any atom is -0.325 e. The summed E-state index contributed by atoms with van der Waals surface area (Å²) >= 11 is 4.71. The van der Waals surface area contributed by atoms with Crippen molar-refractivity contribution in [1.82, 2.24) is 9.55 Å². The summed E-state index contributed by atoms with van der Waals surface area (Å²) in [7, 11) is 0. The van der Waals surface area contributed by atoms with Crippen molar-refractivity contribution in [3.05, 3.63) is 62.9 Å². The molecule has 0 atom stereocenters. The summed E-state index contributed by atoms with van der Waals surface area (Å²) in [5, 5.41) is 4.09. The number of carbonyl (C=O) groups is 1. The number of nitrogens with one attached hydrogen (secondary N) is 1. The minimum absolute atomic E-state index is 0.0639. The van der Waals surface area contributed by atoms with Crippen LogP contribution in [0.4, 0.5) is 5.69 Å². The van der Waals surface area contributed by atoms with Crippen molar-refractivity contribution in [2.75, 3.05) is 11.1 Å². The molecule has 3 aromatic rings. The van der Waals surface area contributed by atoms with Crippen LogP contribution in [0.15, 0.2) is 56.9 Å². The van der Waals surface area contributed by atoms with E-state index in [1.165, 1.54) is 11.8 Å². The zero-order valence-corrected chi connectivity index (χ0v) is 18.4. The lowest BCUT2D eigenvalue weighted by atomic mass is 10.2. The number of rotatable bonds is 6. The zero-order chi connectivity index (χ0) is 20.3. The van der Waals surface area contributed by atoms with Crippen LogP contribution in [-0.4, -0.2) is 21.2 Å². The standard InChI is InChI=1S/C21H22BrN3O2S/c1-13(2)11-25-20(27)16-6-4-5-7-18(16)24-21(25)28-12-19(26)23-17-9-8-15(22)10-14(17)3/h4-10,13H,11-12H2,1-3H3,(H,23,26). The molecule has 0 aliphatic rings. The highest BCUT2D eigenvalue weighted by atomic mass is 79.9. The van der Waals surface area contributed by atoms with Crippen LogP contribution in [0, 0.1) is 12.8 Å². The van der Waals surface area contributed by atoms with Crippen LogP contribution in [0.5, 0.6) is 0 Å². The van der Waals surface area contributed by atoms with E-state index in [4.69, 9.17) is 0 Å². The first kappa shape index (κ1) is 20.6. The Morgan fingerprint density at radius 2 is 2.00 bits per heavy atom. The topological polar surface area (TPSA) is 64.0 Å². The monoisotopic (exact) mass is 459 g/mol. The quantitative estimate of drug-likeness (QED) is 0.422.